The van der Waals surface area contributed by atoms with Gasteiger partial charge in [-0.2, -0.15) is 5.10 Å². The van der Waals surface area contributed by atoms with E-state index in [4.69, 9.17) is 9.47 Å². The Morgan fingerprint density at radius 1 is 1.23 bits per heavy atom. The first kappa shape index (κ1) is 19.8. The minimum Gasteiger partial charge on any atom is -0.497 e. The average molecular weight is 424 g/mol. The molecule has 4 rings (SSSR count). The number of aryl methyl sites for hydroxylation is 1. The second kappa shape index (κ2) is 7.75. The lowest BCUT2D eigenvalue weighted by Gasteiger charge is -2.24. The van der Waals surface area contributed by atoms with Crippen molar-refractivity contribution in [3.05, 3.63) is 78.7 Å². The number of ether oxygens (including phenoxy) is 2. The monoisotopic (exact) mass is 424 g/mol. The van der Waals surface area contributed by atoms with Gasteiger partial charge in [-0.05, 0) is 30.7 Å². The minimum atomic E-state index is -0.643. The van der Waals surface area contributed by atoms with Crippen LogP contribution in [0.5, 0.6) is 5.75 Å². The van der Waals surface area contributed by atoms with Crippen molar-refractivity contribution in [2.24, 2.45) is 12.0 Å². The summed E-state index contributed by atoms with van der Waals surface area (Å²) >= 11 is 1.28. The number of benzene rings is 1. The molecular formula is C21H20N4O4S. The van der Waals surface area contributed by atoms with Gasteiger partial charge in [-0.3, -0.25) is 14.0 Å². The van der Waals surface area contributed by atoms with E-state index < -0.39 is 12.0 Å². The molecule has 1 aromatic carbocycles. The molecule has 0 saturated carbocycles. The van der Waals surface area contributed by atoms with Crippen LogP contribution in [-0.2, 0) is 16.6 Å². The van der Waals surface area contributed by atoms with Crippen molar-refractivity contribution < 1.29 is 14.3 Å². The fourth-order valence-electron chi connectivity index (χ4n) is 3.46. The molecule has 1 aliphatic rings. The van der Waals surface area contributed by atoms with Gasteiger partial charge < -0.3 is 9.47 Å². The fourth-order valence-corrected chi connectivity index (χ4v) is 4.51. The number of nitrogens with zero attached hydrogens (tertiary/aromatic N) is 4. The Labute approximate surface area is 176 Å². The number of carbonyl (C=O) groups is 1. The molecule has 0 unspecified atom stereocenters. The minimum absolute atomic E-state index is 0.225. The van der Waals surface area contributed by atoms with E-state index in [-0.39, 0.29) is 5.56 Å². The van der Waals surface area contributed by atoms with Gasteiger partial charge in [-0.1, -0.05) is 23.5 Å². The van der Waals surface area contributed by atoms with Gasteiger partial charge in [-0.25, -0.2) is 9.79 Å². The van der Waals surface area contributed by atoms with E-state index in [9.17, 15) is 9.59 Å². The lowest BCUT2D eigenvalue weighted by molar-refractivity contribution is -0.136. The Kier molecular flexibility index (Phi) is 5.13. The van der Waals surface area contributed by atoms with Crippen molar-refractivity contribution in [2.75, 3.05) is 14.2 Å². The summed E-state index contributed by atoms with van der Waals surface area (Å²) in [6, 6.07) is 6.62. The molecule has 9 heteroatoms. The SMILES string of the molecule is COC(=O)C1=C(C)N=c2s/c(=C/c3cnn(C)c3)c(=O)n2[C@@H]1c1ccc(OC)cc1. The molecule has 8 nitrogen and oxygen atoms in total. The molecule has 1 atom stereocenters. The second-order valence-corrected chi connectivity index (χ2v) is 7.80. The molecule has 0 radical (unpaired) electrons. The van der Waals surface area contributed by atoms with Crippen LogP contribution in [0, 0.1) is 0 Å². The molecule has 30 heavy (non-hydrogen) atoms. The standard InChI is InChI=1S/C21H20N4O4S/c1-12-17(20(27)29-4)18(14-5-7-15(28-3)8-6-14)25-19(26)16(30-21(25)23-12)9-13-10-22-24(2)11-13/h5-11,18H,1-4H3/b16-9+/t18-/m1/s1. The summed E-state index contributed by atoms with van der Waals surface area (Å²) in [5, 5.41) is 4.14. The molecule has 0 saturated heterocycles. The fraction of sp³-hybridized carbons (Fsp3) is 0.238. The molecule has 0 spiro atoms. The third-order valence-corrected chi connectivity index (χ3v) is 5.86. The Balaban J connectivity index is 1.96. The van der Waals surface area contributed by atoms with Gasteiger partial charge in [0.25, 0.3) is 5.56 Å². The largest absolute Gasteiger partial charge is 0.497 e. The van der Waals surface area contributed by atoms with Crippen molar-refractivity contribution in [1.82, 2.24) is 14.3 Å². The van der Waals surface area contributed by atoms with Gasteiger partial charge in [0.2, 0.25) is 0 Å². The highest BCUT2D eigenvalue weighted by molar-refractivity contribution is 7.07. The van der Waals surface area contributed by atoms with Crippen molar-refractivity contribution in [1.29, 1.82) is 0 Å². The number of hydrogen-bond donors (Lipinski definition) is 0. The van der Waals surface area contributed by atoms with Crippen LogP contribution in [-0.4, -0.2) is 34.5 Å². The van der Waals surface area contributed by atoms with Crippen molar-refractivity contribution in [3.63, 3.8) is 0 Å². The second-order valence-electron chi connectivity index (χ2n) is 6.79. The molecule has 1 aliphatic heterocycles. The van der Waals surface area contributed by atoms with Crippen molar-refractivity contribution in [3.8, 4) is 5.75 Å². The molecule has 0 N–H and O–H groups in total. The number of fused-ring (bicyclic) bond motifs is 1. The first-order chi connectivity index (χ1) is 14.4. The van der Waals surface area contributed by atoms with E-state index in [0.29, 0.717) is 26.4 Å². The first-order valence-electron chi connectivity index (χ1n) is 9.16. The molecule has 0 fully saturated rings. The van der Waals surface area contributed by atoms with E-state index in [1.165, 1.54) is 18.4 Å². The summed E-state index contributed by atoms with van der Waals surface area (Å²) in [5.41, 5.74) is 2.21. The summed E-state index contributed by atoms with van der Waals surface area (Å²) < 4.78 is 14.0. The molecule has 0 amide bonds. The molecule has 0 bridgehead atoms. The van der Waals surface area contributed by atoms with Crippen molar-refractivity contribution >= 4 is 23.4 Å². The molecule has 154 valence electrons. The van der Waals surface area contributed by atoms with Gasteiger partial charge in [0, 0.05) is 18.8 Å². The topological polar surface area (TPSA) is 87.7 Å². The van der Waals surface area contributed by atoms with Crippen LogP contribution < -0.4 is 19.6 Å². The van der Waals surface area contributed by atoms with Crippen LogP contribution in [0.2, 0.25) is 0 Å². The molecule has 0 aliphatic carbocycles. The number of rotatable bonds is 4. The van der Waals surface area contributed by atoms with Gasteiger partial charge in [-0.15, -0.1) is 0 Å². The van der Waals surface area contributed by atoms with E-state index in [1.807, 2.05) is 25.4 Å². The summed E-state index contributed by atoms with van der Waals surface area (Å²) in [6.45, 7) is 1.75. The smallest absolute Gasteiger partial charge is 0.338 e. The first-order valence-corrected chi connectivity index (χ1v) is 9.98. The van der Waals surface area contributed by atoms with E-state index in [1.54, 1.807) is 47.7 Å². The summed E-state index contributed by atoms with van der Waals surface area (Å²) in [4.78, 5) is 31.0. The molecule has 3 heterocycles. The number of allylic oxidation sites excluding steroid dienone is 1. The maximum atomic E-state index is 13.4. The number of carbonyl (C=O) groups excluding carboxylic acids is 1. The quantitative estimate of drug-likeness (QED) is 0.587. The number of esters is 1. The zero-order chi connectivity index (χ0) is 21.4. The van der Waals surface area contributed by atoms with Gasteiger partial charge in [0.1, 0.15) is 5.75 Å². The van der Waals surface area contributed by atoms with E-state index >= 15 is 0 Å². The lowest BCUT2D eigenvalue weighted by Crippen LogP contribution is -2.39. The maximum absolute atomic E-state index is 13.4. The van der Waals surface area contributed by atoms with Crippen LogP contribution in [0.4, 0.5) is 0 Å². The van der Waals surface area contributed by atoms with Crippen LogP contribution in [0.1, 0.15) is 24.1 Å². The molecule has 3 aromatic rings. The highest BCUT2D eigenvalue weighted by Crippen LogP contribution is 2.31. The Morgan fingerprint density at radius 3 is 2.57 bits per heavy atom. The van der Waals surface area contributed by atoms with Crippen LogP contribution in [0.25, 0.3) is 6.08 Å². The summed E-state index contributed by atoms with van der Waals surface area (Å²) in [6.07, 6.45) is 5.29. The zero-order valence-electron chi connectivity index (χ0n) is 16.9. The highest BCUT2D eigenvalue weighted by atomic mass is 32.1. The third kappa shape index (κ3) is 3.37. The van der Waals surface area contributed by atoms with Crippen LogP contribution >= 0.6 is 11.3 Å². The predicted octanol–water partition coefficient (Wildman–Crippen LogP) is 1.15. The lowest BCUT2D eigenvalue weighted by atomic mass is 9.96. The van der Waals surface area contributed by atoms with Gasteiger partial charge in [0.05, 0.1) is 42.3 Å². The van der Waals surface area contributed by atoms with Gasteiger partial charge >= 0.3 is 5.97 Å². The Bertz CT molecular complexity index is 1330. The zero-order valence-corrected chi connectivity index (χ0v) is 17.8. The Hall–Kier alpha value is -3.46. The summed E-state index contributed by atoms with van der Waals surface area (Å²) in [7, 11) is 4.72. The number of aromatic nitrogens is 3. The van der Waals surface area contributed by atoms with Crippen molar-refractivity contribution in [2.45, 2.75) is 13.0 Å². The number of hydrogen-bond acceptors (Lipinski definition) is 7. The maximum Gasteiger partial charge on any atom is 0.338 e. The van der Waals surface area contributed by atoms with Gasteiger partial charge in [0.15, 0.2) is 4.80 Å². The highest BCUT2D eigenvalue weighted by Gasteiger charge is 2.33. The third-order valence-electron chi connectivity index (χ3n) is 4.88. The number of thiazole rings is 1. The summed E-state index contributed by atoms with van der Waals surface area (Å²) in [5.74, 6) is 0.168. The number of methoxy groups -OCH3 is 2. The van der Waals surface area contributed by atoms with Crippen LogP contribution in [0.15, 0.2) is 57.7 Å². The Morgan fingerprint density at radius 2 is 1.97 bits per heavy atom. The average Bonchev–Trinajstić information content (AvgIpc) is 3.29. The van der Waals surface area contributed by atoms with E-state index in [0.717, 1.165) is 11.1 Å². The van der Waals surface area contributed by atoms with Crippen LogP contribution in [0.3, 0.4) is 0 Å². The normalized spacial score (nSPS) is 16.3. The molecule has 2 aromatic heterocycles. The predicted molar refractivity (Wildman–Crippen MR) is 112 cm³/mol. The van der Waals surface area contributed by atoms with E-state index in [2.05, 4.69) is 10.1 Å². The molecular weight excluding hydrogens is 404 g/mol.